The molecule has 2 aromatic carbocycles. The number of carbonyl (C=O) groups is 2. The molecule has 7 heteroatoms. The molecule has 0 amide bonds. The van der Waals surface area contributed by atoms with Crippen LogP contribution in [0.1, 0.15) is 53.8 Å². The number of alkyl halides is 1. The van der Waals surface area contributed by atoms with Crippen LogP contribution in [0, 0.1) is 11.6 Å². The Bertz CT molecular complexity index is 689. The number of Topliss-reactive ketones (excluding diaryl/α,β-unsaturated/α-hetero) is 2. The van der Waals surface area contributed by atoms with Crippen LogP contribution in [0.3, 0.4) is 0 Å². The van der Waals surface area contributed by atoms with Crippen molar-refractivity contribution in [3.63, 3.8) is 0 Å². The molecule has 2 rings (SSSR count). The van der Waals surface area contributed by atoms with Crippen LogP contribution in [0.2, 0.25) is 0 Å². The van der Waals surface area contributed by atoms with Gasteiger partial charge in [0, 0.05) is 45.8 Å². The van der Waals surface area contributed by atoms with Crippen molar-refractivity contribution < 1.29 is 18.4 Å². The Labute approximate surface area is 182 Å². The number of ketones is 2. The van der Waals surface area contributed by atoms with E-state index in [1.54, 1.807) is 0 Å². The molecule has 2 nitrogen and oxygen atoms in total. The second kappa shape index (κ2) is 15.1. The van der Waals surface area contributed by atoms with Gasteiger partial charge in [0.2, 0.25) is 0 Å². The first-order valence-electron chi connectivity index (χ1n) is 8.25. The first-order valence-corrected chi connectivity index (χ1v) is 12.9. The van der Waals surface area contributed by atoms with Crippen LogP contribution in [0.25, 0.3) is 0 Å². The second-order valence-electron chi connectivity index (χ2n) is 5.43. The van der Waals surface area contributed by atoms with E-state index in [2.05, 4.69) is 44.2 Å². The third-order valence-electron chi connectivity index (χ3n) is 3.41. The maximum atomic E-state index is 12.5. The zero-order valence-corrected chi connectivity index (χ0v) is 19.8. The predicted molar refractivity (Wildman–Crippen MR) is 117 cm³/mol. The Morgan fingerprint density at radius 3 is 1.63 bits per heavy atom. The van der Waals surface area contributed by atoms with Crippen molar-refractivity contribution in [3.8, 4) is 0 Å². The minimum absolute atomic E-state index is 0.00231. The quantitative estimate of drug-likeness (QED) is 0.264. The molecule has 148 valence electrons. The van der Waals surface area contributed by atoms with Gasteiger partial charge >= 0.3 is 0 Å². The summed E-state index contributed by atoms with van der Waals surface area (Å²) in [4.78, 5) is 22.6. The van der Waals surface area contributed by atoms with Gasteiger partial charge in [-0.05, 0) is 61.4 Å². The van der Waals surface area contributed by atoms with Crippen LogP contribution >= 0.6 is 44.2 Å². The van der Waals surface area contributed by atoms with Crippen LogP contribution in [-0.4, -0.2) is 16.4 Å². The van der Waals surface area contributed by atoms with Crippen LogP contribution in [0.5, 0.6) is 0 Å². The molecule has 0 aliphatic heterocycles. The molecule has 27 heavy (non-hydrogen) atoms. The van der Waals surface area contributed by atoms with Crippen molar-refractivity contribution in [1.29, 1.82) is 0 Å². The molecule has 0 bridgehead atoms. The fraction of sp³-hybridized carbons (Fsp3) is 0.300. The number of rotatable bonds is 6. The number of hydrogen-bond donors (Lipinski definition) is 0. The van der Waals surface area contributed by atoms with E-state index in [9.17, 15) is 18.4 Å². The summed E-state index contributed by atoms with van der Waals surface area (Å²) in [7, 11) is 0. The number of carbonyl (C=O) groups excluding carboxylic acids is 2. The molecule has 0 saturated carbocycles. The lowest BCUT2D eigenvalue weighted by Crippen LogP contribution is -2.12. The van der Waals surface area contributed by atoms with E-state index in [1.807, 2.05) is 13.8 Å². The topological polar surface area (TPSA) is 34.1 Å². The molecule has 1 unspecified atom stereocenters. The van der Waals surface area contributed by atoms with E-state index < -0.39 is 0 Å². The molecule has 0 aliphatic carbocycles. The molecule has 0 saturated heterocycles. The van der Waals surface area contributed by atoms with E-state index >= 15 is 0 Å². The minimum atomic E-state index is -0.320. The molecular formula is C20H21Br3F2O2. The summed E-state index contributed by atoms with van der Waals surface area (Å²) in [5.74, 6) is -0.540. The van der Waals surface area contributed by atoms with E-state index in [4.69, 9.17) is 0 Å². The van der Waals surface area contributed by atoms with Gasteiger partial charge in [-0.25, -0.2) is 8.78 Å². The summed E-state index contributed by atoms with van der Waals surface area (Å²) in [6, 6.07) is 11.3. The third kappa shape index (κ3) is 10.3. The van der Waals surface area contributed by atoms with Crippen molar-refractivity contribution >= 4 is 55.8 Å². The second-order valence-corrected chi connectivity index (χ2v) is 6.53. The maximum Gasteiger partial charge on any atom is 0.176 e. The van der Waals surface area contributed by atoms with Gasteiger partial charge in [0.25, 0.3) is 0 Å². The lowest BCUT2D eigenvalue weighted by molar-refractivity contribution is 0.0977. The molecule has 2 aromatic rings. The van der Waals surface area contributed by atoms with Crippen molar-refractivity contribution in [1.82, 2.24) is 0 Å². The fourth-order valence-corrected chi connectivity index (χ4v) is 2.25. The van der Waals surface area contributed by atoms with Gasteiger partial charge in [-0.2, -0.15) is 0 Å². The number of hydrogen-bond acceptors (Lipinski definition) is 2. The van der Waals surface area contributed by atoms with Gasteiger partial charge in [0.1, 0.15) is 11.6 Å². The Balaban J connectivity index is 0.000000460. The van der Waals surface area contributed by atoms with Crippen LogP contribution in [0.4, 0.5) is 8.78 Å². The summed E-state index contributed by atoms with van der Waals surface area (Å²) >= 11 is 8.75. The Morgan fingerprint density at radius 1 is 0.852 bits per heavy atom. The van der Waals surface area contributed by atoms with Crippen LogP contribution in [-0.2, 0) is 0 Å². The monoisotopic (exact) mass is 568 g/mol. The van der Waals surface area contributed by atoms with Crippen molar-refractivity contribution in [2.75, 3.05) is 0 Å². The van der Waals surface area contributed by atoms with Crippen LogP contribution < -0.4 is 0 Å². The average Bonchev–Trinajstić information content (AvgIpc) is 2.70. The molecule has 0 spiro atoms. The van der Waals surface area contributed by atoms with E-state index in [-0.39, 0.29) is 28.0 Å². The van der Waals surface area contributed by atoms with Crippen molar-refractivity contribution in [2.24, 2.45) is 0 Å². The summed E-state index contributed by atoms with van der Waals surface area (Å²) in [6.45, 7) is 3.86. The van der Waals surface area contributed by atoms with Crippen molar-refractivity contribution in [3.05, 3.63) is 71.3 Å². The molecule has 0 heterocycles. The largest absolute Gasteiger partial charge is 0.294 e. The highest BCUT2D eigenvalue weighted by atomic mass is 80.9. The zero-order valence-electron chi connectivity index (χ0n) is 15.0. The number of benzene rings is 2. The van der Waals surface area contributed by atoms with Gasteiger partial charge in [0.15, 0.2) is 11.6 Å². The Kier molecular flexibility index (Phi) is 14.5. The first kappa shape index (κ1) is 26.1. The molecule has 0 aromatic heterocycles. The van der Waals surface area contributed by atoms with Crippen molar-refractivity contribution in [2.45, 2.75) is 37.9 Å². The molecule has 0 radical (unpaired) electrons. The highest BCUT2D eigenvalue weighted by molar-refractivity contribution is 9.93. The fourth-order valence-electron chi connectivity index (χ4n) is 1.99. The van der Waals surface area contributed by atoms with Crippen LogP contribution in [0.15, 0.2) is 48.5 Å². The zero-order chi connectivity index (χ0) is 20.8. The third-order valence-corrected chi connectivity index (χ3v) is 4.48. The first-order chi connectivity index (χ1) is 12.9. The number of halogens is 5. The molecule has 0 N–H and O–H groups in total. The highest BCUT2D eigenvalue weighted by Crippen LogP contribution is 2.13. The Hall–Kier alpha value is -0.920. The summed E-state index contributed by atoms with van der Waals surface area (Å²) < 4.78 is 24.9. The summed E-state index contributed by atoms with van der Waals surface area (Å²) in [6.07, 6.45) is 2.10. The predicted octanol–water partition coefficient (Wildman–Crippen LogP) is 7.68. The lowest BCUT2D eigenvalue weighted by atomic mass is 10.1. The smallest absolute Gasteiger partial charge is 0.176 e. The van der Waals surface area contributed by atoms with Gasteiger partial charge in [-0.3, -0.25) is 9.59 Å². The lowest BCUT2D eigenvalue weighted by Gasteiger charge is -2.04. The van der Waals surface area contributed by atoms with Gasteiger partial charge in [0.05, 0.1) is 4.83 Å². The van der Waals surface area contributed by atoms with Gasteiger partial charge in [-0.1, -0.05) is 29.8 Å². The minimum Gasteiger partial charge on any atom is -0.294 e. The normalized spacial score (nSPS) is 10.6. The summed E-state index contributed by atoms with van der Waals surface area (Å²) in [5, 5.41) is 0. The molecule has 0 fully saturated rings. The van der Waals surface area contributed by atoms with E-state index in [0.29, 0.717) is 17.5 Å². The molecule has 0 aliphatic rings. The van der Waals surface area contributed by atoms with Gasteiger partial charge in [-0.15, -0.1) is 0 Å². The Morgan fingerprint density at radius 2 is 1.26 bits per heavy atom. The maximum absolute atomic E-state index is 12.5. The SMILES string of the molecule is BrBr.CCC(Br)C(=O)c1ccc(F)cc1.CCCC(=O)c1ccc(F)cc1. The van der Waals surface area contributed by atoms with E-state index in [1.165, 1.54) is 48.5 Å². The highest BCUT2D eigenvalue weighted by Gasteiger charge is 2.14. The van der Waals surface area contributed by atoms with Gasteiger partial charge < -0.3 is 0 Å². The summed E-state index contributed by atoms with van der Waals surface area (Å²) in [5.41, 5.74) is 1.14. The molecular weight excluding hydrogens is 550 g/mol. The van der Waals surface area contributed by atoms with E-state index in [0.717, 1.165) is 12.8 Å². The molecule has 1 atom stereocenters. The average molecular weight is 571 g/mol. The standard InChI is InChI=1S/C10H10BrFO.C10H11FO.Br2/c1-2-9(11)10(13)7-3-5-8(12)6-4-7;1-2-3-10(12)8-4-6-9(11)7-5-8;1-2/h3-6,9H,2H2,1H3;4-7H,2-3H2,1H3;.